The maximum atomic E-state index is 11.7. The topological polar surface area (TPSA) is 105 Å². The molecule has 0 aliphatic carbocycles. The van der Waals surface area contributed by atoms with Crippen LogP contribution in [0, 0.1) is 0 Å². The molecule has 22 heavy (non-hydrogen) atoms. The normalized spacial score (nSPS) is 9.64. The molecule has 0 heterocycles. The third-order valence-corrected chi connectivity index (χ3v) is 2.51. The number of hydrogen-bond acceptors (Lipinski definition) is 4. The largest absolute Gasteiger partial charge is 0.474 e. The molecule has 0 spiro atoms. The fourth-order valence-electron chi connectivity index (χ4n) is 1.60. The van der Waals surface area contributed by atoms with Crippen molar-refractivity contribution in [3.8, 4) is 5.75 Å². The van der Waals surface area contributed by atoms with E-state index in [1.54, 1.807) is 42.5 Å². The van der Waals surface area contributed by atoms with Gasteiger partial charge in [-0.25, -0.2) is 9.59 Å². The quantitative estimate of drug-likeness (QED) is 0.754. The average molecular weight is 300 g/mol. The average Bonchev–Trinajstić information content (AvgIpc) is 2.48. The Bertz CT molecular complexity index is 700. The Kier molecular flexibility index (Phi) is 4.71. The molecule has 2 rings (SSSR count). The Balaban J connectivity index is 1.99. The lowest BCUT2D eigenvalue weighted by atomic mass is 10.2. The SMILES string of the molecule is O=C(Nc1cccc(NC(=O)C(=O)O)c1)Oc1ccccc1. The number of carboxylic acids is 1. The molecule has 0 fully saturated rings. The lowest BCUT2D eigenvalue weighted by molar-refractivity contribution is -0.147. The van der Waals surface area contributed by atoms with Gasteiger partial charge in [-0.15, -0.1) is 0 Å². The Hall–Kier alpha value is -3.35. The summed E-state index contributed by atoms with van der Waals surface area (Å²) in [6.07, 6.45) is -0.701. The number of anilines is 2. The van der Waals surface area contributed by atoms with Crippen molar-refractivity contribution in [1.82, 2.24) is 0 Å². The van der Waals surface area contributed by atoms with Gasteiger partial charge >= 0.3 is 18.0 Å². The fraction of sp³-hybridized carbons (Fsp3) is 0. The van der Waals surface area contributed by atoms with Crippen LogP contribution in [0.4, 0.5) is 16.2 Å². The lowest BCUT2D eigenvalue weighted by Crippen LogP contribution is -2.22. The summed E-state index contributed by atoms with van der Waals surface area (Å²) >= 11 is 0. The van der Waals surface area contributed by atoms with E-state index in [9.17, 15) is 14.4 Å². The zero-order valence-electron chi connectivity index (χ0n) is 11.3. The summed E-state index contributed by atoms with van der Waals surface area (Å²) in [7, 11) is 0. The van der Waals surface area contributed by atoms with Gasteiger partial charge in [-0.3, -0.25) is 10.1 Å². The third-order valence-electron chi connectivity index (χ3n) is 2.51. The minimum Gasteiger partial charge on any atom is -0.474 e. The highest BCUT2D eigenvalue weighted by Gasteiger charge is 2.11. The zero-order valence-corrected chi connectivity index (χ0v) is 11.3. The molecular formula is C15H12N2O5. The monoisotopic (exact) mass is 300 g/mol. The molecule has 3 N–H and O–H groups in total. The Morgan fingerprint density at radius 2 is 1.50 bits per heavy atom. The number of para-hydroxylation sites is 1. The summed E-state index contributed by atoms with van der Waals surface area (Å²) < 4.78 is 5.05. The predicted octanol–water partition coefficient (Wildman–Crippen LogP) is 2.32. The predicted molar refractivity (Wildman–Crippen MR) is 78.8 cm³/mol. The summed E-state index contributed by atoms with van der Waals surface area (Å²) in [4.78, 5) is 33.2. The van der Waals surface area contributed by atoms with Crippen molar-refractivity contribution in [2.24, 2.45) is 0 Å². The van der Waals surface area contributed by atoms with Gasteiger partial charge in [-0.1, -0.05) is 24.3 Å². The van der Waals surface area contributed by atoms with Gasteiger partial charge in [0.05, 0.1) is 0 Å². The minimum absolute atomic E-state index is 0.241. The summed E-state index contributed by atoms with van der Waals surface area (Å²) in [5, 5.41) is 13.2. The first kappa shape index (κ1) is 15.0. The second-order valence-corrected chi connectivity index (χ2v) is 4.17. The highest BCUT2D eigenvalue weighted by molar-refractivity contribution is 6.36. The molecule has 0 atom stereocenters. The second kappa shape index (κ2) is 6.89. The molecule has 0 unspecified atom stereocenters. The fourth-order valence-corrected chi connectivity index (χ4v) is 1.60. The maximum Gasteiger partial charge on any atom is 0.417 e. The number of carbonyl (C=O) groups is 3. The number of hydrogen-bond donors (Lipinski definition) is 3. The van der Waals surface area contributed by atoms with E-state index >= 15 is 0 Å². The van der Waals surface area contributed by atoms with Gasteiger partial charge < -0.3 is 15.2 Å². The first-order valence-electron chi connectivity index (χ1n) is 6.23. The number of carbonyl (C=O) groups excluding carboxylic acids is 2. The third kappa shape index (κ3) is 4.34. The summed E-state index contributed by atoms with van der Waals surface area (Å²) in [5.74, 6) is -2.37. The summed E-state index contributed by atoms with van der Waals surface area (Å²) in [6, 6.07) is 14.5. The molecule has 2 aromatic carbocycles. The number of aliphatic carboxylic acids is 1. The van der Waals surface area contributed by atoms with Crippen molar-refractivity contribution in [2.45, 2.75) is 0 Å². The molecule has 0 bridgehead atoms. The van der Waals surface area contributed by atoms with Crippen molar-refractivity contribution in [3.63, 3.8) is 0 Å². The van der Waals surface area contributed by atoms with Crippen LogP contribution in [0.5, 0.6) is 5.75 Å². The van der Waals surface area contributed by atoms with Gasteiger partial charge in [0.1, 0.15) is 5.75 Å². The van der Waals surface area contributed by atoms with Crippen LogP contribution in [-0.4, -0.2) is 23.1 Å². The van der Waals surface area contributed by atoms with Crippen LogP contribution in [-0.2, 0) is 9.59 Å². The molecule has 2 amide bonds. The number of rotatable bonds is 3. The molecular weight excluding hydrogens is 288 g/mol. The van der Waals surface area contributed by atoms with Gasteiger partial charge in [-0.2, -0.15) is 0 Å². The Labute approximate surface area is 125 Å². The first-order chi connectivity index (χ1) is 10.5. The van der Waals surface area contributed by atoms with Gasteiger partial charge in [-0.05, 0) is 30.3 Å². The second-order valence-electron chi connectivity index (χ2n) is 4.17. The molecule has 7 nitrogen and oxygen atoms in total. The highest BCUT2D eigenvalue weighted by atomic mass is 16.6. The van der Waals surface area contributed by atoms with Crippen molar-refractivity contribution >= 4 is 29.3 Å². The van der Waals surface area contributed by atoms with E-state index in [0.29, 0.717) is 11.4 Å². The molecule has 2 aromatic rings. The zero-order chi connectivity index (χ0) is 15.9. The standard InChI is InChI=1S/C15H12N2O5/c18-13(14(19)20)16-10-5-4-6-11(9-10)17-15(21)22-12-7-2-1-3-8-12/h1-9H,(H,16,18)(H,17,21)(H,19,20). The van der Waals surface area contributed by atoms with Crippen LogP contribution in [0.2, 0.25) is 0 Å². The smallest absolute Gasteiger partial charge is 0.417 e. The molecule has 0 saturated carbocycles. The van der Waals surface area contributed by atoms with Gasteiger partial charge in [0.15, 0.2) is 0 Å². The van der Waals surface area contributed by atoms with Crippen molar-refractivity contribution in [2.75, 3.05) is 10.6 Å². The van der Waals surface area contributed by atoms with Crippen LogP contribution >= 0.6 is 0 Å². The number of carboxylic acid groups (broad SMARTS) is 1. The van der Waals surface area contributed by atoms with Crippen LogP contribution in [0.1, 0.15) is 0 Å². The molecule has 0 aliphatic heterocycles. The molecule has 0 saturated heterocycles. The molecule has 0 aliphatic rings. The number of nitrogens with one attached hydrogen (secondary N) is 2. The van der Waals surface area contributed by atoms with E-state index < -0.39 is 18.0 Å². The highest BCUT2D eigenvalue weighted by Crippen LogP contribution is 2.16. The lowest BCUT2D eigenvalue weighted by Gasteiger charge is -2.08. The van der Waals surface area contributed by atoms with Crippen LogP contribution < -0.4 is 15.4 Å². The van der Waals surface area contributed by atoms with Crippen LogP contribution in [0.15, 0.2) is 54.6 Å². The van der Waals surface area contributed by atoms with E-state index in [-0.39, 0.29) is 5.69 Å². The van der Waals surface area contributed by atoms with Gasteiger partial charge in [0, 0.05) is 11.4 Å². The van der Waals surface area contributed by atoms with Crippen LogP contribution in [0.3, 0.4) is 0 Å². The number of ether oxygens (including phenoxy) is 1. The summed E-state index contributed by atoms with van der Waals surface area (Å²) in [5.41, 5.74) is 0.592. The van der Waals surface area contributed by atoms with E-state index in [2.05, 4.69) is 10.6 Å². The first-order valence-corrected chi connectivity index (χ1v) is 6.23. The van der Waals surface area contributed by atoms with Crippen molar-refractivity contribution in [1.29, 1.82) is 0 Å². The van der Waals surface area contributed by atoms with E-state index in [4.69, 9.17) is 9.84 Å². The van der Waals surface area contributed by atoms with Crippen molar-refractivity contribution in [3.05, 3.63) is 54.6 Å². The number of amides is 2. The Morgan fingerprint density at radius 1 is 0.864 bits per heavy atom. The molecule has 0 radical (unpaired) electrons. The Morgan fingerprint density at radius 3 is 2.14 bits per heavy atom. The van der Waals surface area contributed by atoms with E-state index in [1.165, 1.54) is 12.1 Å². The van der Waals surface area contributed by atoms with Gasteiger partial charge in [0.25, 0.3) is 0 Å². The molecule has 0 aromatic heterocycles. The number of benzene rings is 2. The maximum absolute atomic E-state index is 11.7. The van der Waals surface area contributed by atoms with E-state index in [1.807, 2.05) is 0 Å². The molecule has 112 valence electrons. The minimum atomic E-state index is -1.60. The van der Waals surface area contributed by atoms with E-state index in [0.717, 1.165) is 0 Å². The summed E-state index contributed by atoms with van der Waals surface area (Å²) in [6.45, 7) is 0. The van der Waals surface area contributed by atoms with Crippen molar-refractivity contribution < 1.29 is 24.2 Å². The van der Waals surface area contributed by atoms with Gasteiger partial charge in [0.2, 0.25) is 0 Å². The molecule has 7 heteroatoms. The van der Waals surface area contributed by atoms with Crippen LogP contribution in [0.25, 0.3) is 0 Å².